The summed E-state index contributed by atoms with van der Waals surface area (Å²) in [6, 6.07) is 7.70. The highest BCUT2D eigenvalue weighted by Gasteiger charge is 2.81. The van der Waals surface area contributed by atoms with Gasteiger partial charge in [-0.2, -0.15) is 13.2 Å². The first kappa shape index (κ1) is 16.8. The van der Waals surface area contributed by atoms with E-state index >= 15 is 0 Å². The number of benzene rings is 1. The van der Waals surface area contributed by atoms with Gasteiger partial charge in [-0.15, -0.1) is 11.8 Å². The van der Waals surface area contributed by atoms with Crippen LogP contribution in [0.1, 0.15) is 33.3 Å². The lowest BCUT2D eigenvalue weighted by atomic mass is 9.51. The van der Waals surface area contributed by atoms with Crippen LogP contribution in [0.5, 0.6) is 0 Å². The Balaban J connectivity index is 2.13. The van der Waals surface area contributed by atoms with Crippen molar-refractivity contribution in [2.45, 2.75) is 44.4 Å². The first-order valence-electron chi connectivity index (χ1n) is 7.44. The van der Waals surface area contributed by atoms with Gasteiger partial charge in [0.2, 0.25) is 0 Å². The van der Waals surface area contributed by atoms with E-state index < -0.39 is 27.5 Å². The van der Waals surface area contributed by atoms with Crippen LogP contribution in [0.4, 0.5) is 13.2 Å². The smallest absolute Gasteiger partial charge is 0.341 e. The SMILES string of the molecule is CC1(C)C(=O)C(C)(C)C12OC(c1ccccc1)(C(F)(F)F)CS2. The van der Waals surface area contributed by atoms with Crippen LogP contribution in [0.2, 0.25) is 0 Å². The van der Waals surface area contributed by atoms with E-state index in [1.54, 1.807) is 45.9 Å². The van der Waals surface area contributed by atoms with Gasteiger partial charge in [0.1, 0.15) is 4.93 Å². The maximum atomic E-state index is 14.0. The van der Waals surface area contributed by atoms with Crippen molar-refractivity contribution in [2.24, 2.45) is 10.8 Å². The summed E-state index contributed by atoms with van der Waals surface area (Å²) in [5, 5.41) is 0. The number of ether oxygens (including phenoxy) is 1. The molecule has 3 rings (SSSR count). The molecule has 1 aliphatic heterocycles. The zero-order chi connectivity index (χ0) is 17.3. The molecule has 1 saturated carbocycles. The van der Waals surface area contributed by atoms with Gasteiger partial charge in [0.25, 0.3) is 0 Å². The molecule has 0 radical (unpaired) electrons. The van der Waals surface area contributed by atoms with Crippen LogP contribution in [0.15, 0.2) is 30.3 Å². The van der Waals surface area contributed by atoms with Gasteiger partial charge in [-0.1, -0.05) is 30.3 Å². The van der Waals surface area contributed by atoms with Gasteiger partial charge in [-0.3, -0.25) is 4.79 Å². The lowest BCUT2D eigenvalue weighted by Gasteiger charge is -2.62. The topological polar surface area (TPSA) is 26.3 Å². The molecule has 126 valence electrons. The third-order valence-electron chi connectivity index (χ3n) is 5.28. The molecular formula is C17H19F3O2S. The average Bonchev–Trinajstić information content (AvgIpc) is 2.92. The molecule has 1 spiro atoms. The highest BCUT2D eigenvalue weighted by atomic mass is 32.2. The average molecular weight is 344 g/mol. The van der Waals surface area contributed by atoms with Crippen molar-refractivity contribution in [3.8, 4) is 0 Å². The molecule has 1 aromatic carbocycles. The van der Waals surface area contributed by atoms with E-state index in [0.717, 1.165) is 11.8 Å². The number of alkyl halides is 3. The van der Waals surface area contributed by atoms with Crippen molar-refractivity contribution < 1.29 is 22.7 Å². The van der Waals surface area contributed by atoms with E-state index in [0.29, 0.717) is 0 Å². The Morgan fingerprint density at radius 2 is 1.57 bits per heavy atom. The van der Waals surface area contributed by atoms with Crippen molar-refractivity contribution in [2.75, 3.05) is 5.75 Å². The molecular weight excluding hydrogens is 325 g/mol. The summed E-state index contributed by atoms with van der Waals surface area (Å²) < 4.78 is 47.8. The highest BCUT2D eigenvalue weighted by Crippen LogP contribution is 2.72. The Labute approximate surface area is 137 Å². The number of carbonyl (C=O) groups is 1. The number of halogens is 3. The van der Waals surface area contributed by atoms with Gasteiger partial charge in [-0.25, -0.2) is 0 Å². The van der Waals surface area contributed by atoms with E-state index in [1.165, 1.54) is 12.1 Å². The molecule has 1 atom stereocenters. The fourth-order valence-electron chi connectivity index (χ4n) is 4.08. The number of thioether (sulfide) groups is 1. The molecule has 1 aromatic rings. The largest absolute Gasteiger partial charge is 0.422 e. The zero-order valence-electron chi connectivity index (χ0n) is 13.5. The van der Waals surface area contributed by atoms with E-state index in [2.05, 4.69) is 0 Å². The molecule has 1 unspecified atom stereocenters. The number of carbonyl (C=O) groups excluding carboxylic acids is 1. The molecule has 6 heteroatoms. The van der Waals surface area contributed by atoms with Crippen LogP contribution < -0.4 is 0 Å². The van der Waals surface area contributed by atoms with Crippen LogP contribution in [-0.2, 0) is 15.1 Å². The maximum absolute atomic E-state index is 14.0. The quantitative estimate of drug-likeness (QED) is 0.748. The van der Waals surface area contributed by atoms with Gasteiger partial charge in [0.05, 0.1) is 10.8 Å². The van der Waals surface area contributed by atoms with E-state index in [1.807, 2.05) is 0 Å². The van der Waals surface area contributed by atoms with Crippen molar-refractivity contribution in [1.82, 2.24) is 0 Å². The maximum Gasteiger partial charge on any atom is 0.422 e. The van der Waals surface area contributed by atoms with Crippen molar-refractivity contribution in [3.05, 3.63) is 35.9 Å². The minimum atomic E-state index is -4.56. The van der Waals surface area contributed by atoms with E-state index in [-0.39, 0.29) is 17.1 Å². The number of ketones is 1. The summed E-state index contributed by atoms with van der Waals surface area (Å²) in [6.45, 7) is 6.69. The van der Waals surface area contributed by atoms with Crippen molar-refractivity contribution in [3.63, 3.8) is 0 Å². The number of Topliss-reactive ketones (excluding diaryl/α,β-unsaturated/α-hetero) is 1. The second kappa shape index (κ2) is 4.54. The number of rotatable bonds is 1. The van der Waals surface area contributed by atoms with E-state index in [9.17, 15) is 18.0 Å². The fourth-order valence-corrected chi connectivity index (χ4v) is 5.98. The van der Waals surface area contributed by atoms with Gasteiger partial charge < -0.3 is 4.74 Å². The van der Waals surface area contributed by atoms with Crippen LogP contribution in [0.3, 0.4) is 0 Å². The Kier molecular flexibility index (Phi) is 3.32. The summed E-state index contributed by atoms with van der Waals surface area (Å²) in [6.07, 6.45) is -4.56. The molecule has 0 aromatic heterocycles. The lowest BCUT2D eigenvalue weighted by molar-refractivity contribution is -0.319. The Hall–Kier alpha value is -1.01. The van der Waals surface area contributed by atoms with Crippen LogP contribution in [0, 0.1) is 10.8 Å². The van der Waals surface area contributed by atoms with Gasteiger partial charge in [0.15, 0.2) is 11.4 Å². The molecule has 2 nitrogen and oxygen atoms in total. The van der Waals surface area contributed by atoms with Gasteiger partial charge in [0, 0.05) is 5.75 Å². The predicted molar refractivity (Wildman–Crippen MR) is 83.0 cm³/mol. The van der Waals surface area contributed by atoms with Crippen LogP contribution in [0.25, 0.3) is 0 Å². The predicted octanol–water partition coefficient (Wildman–Crippen LogP) is 4.54. The first-order chi connectivity index (χ1) is 10.4. The van der Waals surface area contributed by atoms with Crippen molar-refractivity contribution in [1.29, 1.82) is 0 Å². The van der Waals surface area contributed by atoms with Crippen LogP contribution in [-0.4, -0.2) is 22.6 Å². The molecule has 1 heterocycles. The molecule has 1 aliphatic carbocycles. The minimum absolute atomic E-state index is 0.0662. The second-order valence-electron chi connectivity index (χ2n) is 7.28. The lowest BCUT2D eigenvalue weighted by Crippen LogP contribution is -2.73. The summed E-state index contributed by atoms with van der Waals surface area (Å²) in [5.41, 5.74) is -4.21. The van der Waals surface area contributed by atoms with E-state index in [4.69, 9.17) is 4.74 Å². The molecule has 2 aliphatic rings. The molecule has 23 heavy (non-hydrogen) atoms. The molecule has 1 saturated heterocycles. The number of hydrogen-bond donors (Lipinski definition) is 0. The molecule has 2 fully saturated rings. The second-order valence-corrected chi connectivity index (χ2v) is 8.43. The molecule has 0 bridgehead atoms. The van der Waals surface area contributed by atoms with Crippen molar-refractivity contribution >= 4 is 17.5 Å². The summed E-state index contributed by atoms with van der Waals surface area (Å²) in [7, 11) is 0. The number of hydrogen-bond acceptors (Lipinski definition) is 3. The summed E-state index contributed by atoms with van der Waals surface area (Å²) >= 11 is 1.11. The summed E-state index contributed by atoms with van der Waals surface area (Å²) in [5.74, 6) is -0.316. The molecule has 0 amide bonds. The Bertz CT molecular complexity index is 634. The third-order valence-corrected chi connectivity index (χ3v) is 7.34. The van der Waals surface area contributed by atoms with Gasteiger partial charge >= 0.3 is 6.18 Å². The molecule has 0 N–H and O–H groups in total. The monoisotopic (exact) mass is 344 g/mol. The normalized spacial score (nSPS) is 31.2. The third kappa shape index (κ3) is 1.79. The standard InChI is InChI=1S/C17H19F3O2S/c1-13(2)12(21)14(3,4)16(13)22-15(10-23-16,17(18,19)20)11-8-6-5-7-9-11/h5-9H,10H2,1-4H3. The summed E-state index contributed by atoms with van der Waals surface area (Å²) in [4.78, 5) is 11.2. The van der Waals surface area contributed by atoms with Crippen LogP contribution >= 0.6 is 11.8 Å². The highest BCUT2D eigenvalue weighted by molar-refractivity contribution is 8.01. The first-order valence-corrected chi connectivity index (χ1v) is 8.42. The Morgan fingerprint density at radius 1 is 1.04 bits per heavy atom. The van der Waals surface area contributed by atoms with Gasteiger partial charge in [-0.05, 0) is 33.3 Å². The zero-order valence-corrected chi connectivity index (χ0v) is 14.3. The minimum Gasteiger partial charge on any atom is -0.341 e. The Morgan fingerprint density at radius 3 is 2.04 bits per heavy atom. The fraction of sp³-hybridized carbons (Fsp3) is 0.588.